The molecule has 3 aromatic heterocycles. The van der Waals surface area contributed by atoms with Gasteiger partial charge in [0.25, 0.3) is 5.88 Å². The number of likely N-dealkylation sites (tertiary alicyclic amines) is 1. The van der Waals surface area contributed by atoms with Crippen LogP contribution >= 0.6 is 0 Å². The monoisotopic (exact) mass is 427 g/mol. The summed E-state index contributed by atoms with van der Waals surface area (Å²) < 4.78 is 15.3. The normalized spacial score (nSPS) is 16.0. The van der Waals surface area contributed by atoms with Crippen LogP contribution in [0.2, 0.25) is 0 Å². The number of amides is 1. The van der Waals surface area contributed by atoms with Gasteiger partial charge < -0.3 is 19.7 Å². The number of imidazole rings is 1. The van der Waals surface area contributed by atoms with Crippen molar-refractivity contribution in [3.63, 3.8) is 0 Å². The van der Waals surface area contributed by atoms with Crippen molar-refractivity contribution in [2.45, 2.75) is 13.0 Å². The fourth-order valence-corrected chi connectivity index (χ4v) is 3.91. The summed E-state index contributed by atoms with van der Waals surface area (Å²) in [4.78, 5) is 31.2. The maximum atomic E-state index is 13.2. The molecule has 3 aromatic rings. The van der Waals surface area contributed by atoms with Crippen LogP contribution in [0.4, 0.5) is 11.4 Å². The summed E-state index contributed by atoms with van der Waals surface area (Å²) in [6.45, 7) is 5.23. The molecule has 0 saturated carbocycles. The number of fused-ring (bicyclic) bond motifs is 1. The van der Waals surface area contributed by atoms with Crippen LogP contribution in [0, 0.1) is 5.92 Å². The van der Waals surface area contributed by atoms with Gasteiger partial charge in [-0.3, -0.25) is 14.0 Å². The summed E-state index contributed by atoms with van der Waals surface area (Å²) in [5.41, 5.74) is 1.41. The fraction of sp³-hybridized carbons (Fsp3) is 0.400. The van der Waals surface area contributed by atoms with Crippen LogP contribution in [0.5, 0.6) is 11.8 Å². The number of anilines is 2. The largest absolute Gasteiger partial charge is 0.481 e. The molecule has 1 N–H and O–H groups in total. The Hall–Kier alpha value is -3.76. The van der Waals surface area contributed by atoms with Crippen molar-refractivity contribution in [1.29, 1.82) is 0 Å². The molecular weight excluding hydrogens is 402 g/mol. The van der Waals surface area contributed by atoms with E-state index in [4.69, 9.17) is 9.47 Å². The van der Waals surface area contributed by atoms with Gasteiger partial charge in [0, 0.05) is 32.9 Å². The van der Waals surface area contributed by atoms with Gasteiger partial charge in [-0.2, -0.15) is 0 Å². The van der Waals surface area contributed by atoms with Crippen LogP contribution in [-0.4, -0.2) is 61.8 Å². The van der Waals surface area contributed by atoms with Crippen molar-refractivity contribution < 1.29 is 14.3 Å². The molecule has 1 atom stereocenters. The number of nitrogens with one attached hydrogen (secondary N) is 1. The SMILES string of the molecule is C=CC(=O)N1CCC(Cn2cc(Nc3cn(C)nc3OC)c3ncc(OC)n3c2=O)C1. The zero-order chi connectivity index (χ0) is 22.1. The molecule has 1 unspecified atom stereocenters. The van der Waals surface area contributed by atoms with Gasteiger partial charge in [0.1, 0.15) is 5.69 Å². The Bertz CT molecular complexity index is 1190. The van der Waals surface area contributed by atoms with E-state index in [1.807, 2.05) is 0 Å². The van der Waals surface area contributed by atoms with Gasteiger partial charge in [-0.25, -0.2) is 14.2 Å². The molecule has 1 amide bonds. The molecule has 11 nitrogen and oxygen atoms in total. The number of nitrogens with zero attached hydrogens (tertiary/aromatic N) is 6. The number of aromatic nitrogens is 5. The van der Waals surface area contributed by atoms with E-state index in [-0.39, 0.29) is 17.5 Å². The molecule has 1 saturated heterocycles. The quantitative estimate of drug-likeness (QED) is 0.561. The van der Waals surface area contributed by atoms with Crippen molar-refractivity contribution >= 4 is 22.9 Å². The molecule has 1 fully saturated rings. The first-order valence-corrected chi connectivity index (χ1v) is 9.86. The highest BCUT2D eigenvalue weighted by molar-refractivity contribution is 5.87. The zero-order valence-corrected chi connectivity index (χ0v) is 17.7. The first-order chi connectivity index (χ1) is 14.9. The average Bonchev–Trinajstić information content (AvgIpc) is 3.48. The summed E-state index contributed by atoms with van der Waals surface area (Å²) >= 11 is 0. The lowest BCUT2D eigenvalue weighted by Gasteiger charge is -2.17. The van der Waals surface area contributed by atoms with E-state index < -0.39 is 0 Å². The second-order valence-electron chi connectivity index (χ2n) is 7.43. The predicted octanol–water partition coefficient (Wildman–Crippen LogP) is 1.02. The molecule has 11 heteroatoms. The van der Waals surface area contributed by atoms with E-state index in [2.05, 4.69) is 22.0 Å². The van der Waals surface area contributed by atoms with E-state index in [0.29, 0.717) is 48.4 Å². The number of hydrogen-bond donors (Lipinski definition) is 1. The Balaban J connectivity index is 1.72. The molecule has 1 aliphatic rings. The third-order valence-electron chi connectivity index (χ3n) is 5.39. The Labute approximate surface area is 178 Å². The summed E-state index contributed by atoms with van der Waals surface area (Å²) in [5, 5.41) is 7.52. The van der Waals surface area contributed by atoms with E-state index in [1.54, 1.807) is 40.7 Å². The van der Waals surface area contributed by atoms with E-state index in [1.165, 1.54) is 23.8 Å². The van der Waals surface area contributed by atoms with Gasteiger partial charge in [0.15, 0.2) is 5.65 Å². The summed E-state index contributed by atoms with van der Waals surface area (Å²) in [5.74, 6) is 0.818. The van der Waals surface area contributed by atoms with Crippen molar-refractivity contribution in [1.82, 2.24) is 28.6 Å². The Kier molecular flexibility index (Phi) is 5.40. The third kappa shape index (κ3) is 3.74. The molecule has 4 heterocycles. The molecule has 0 aromatic carbocycles. The zero-order valence-electron chi connectivity index (χ0n) is 17.7. The molecule has 0 bridgehead atoms. The second-order valence-corrected chi connectivity index (χ2v) is 7.43. The van der Waals surface area contributed by atoms with E-state index in [0.717, 1.165) is 6.42 Å². The second kappa shape index (κ2) is 8.17. The van der Waals surface area contributed by atoms with E-state index in [9.17, 15) is 9.59 Å². The van der Waals surface area contributed by atoms with Gasteiger partial charge in [-0.1, -0.05) is 6.58 Å². The standard InChI is InChI=1S/C20H25N7O4/c1-5-16(28)25-7-6-13(9-25)10-26-12-14(22-15-11-24(2)23-19(15)31-4)18-21-8-17(30-3)27(18)20(26)29/h5,8,11-13,22H,1,6-7,9-10H2,2-4H3. The van der Waals surface area contributed by atoms with Crippen LogP contribution in [0.3, 0.4) is 0 Å². The maximum absolute atomic E-state index is 13.2. The Morgan fingerprint density at radius 3 is 2.84 bits per heavy atom. The molecule has 164 valence electrons. The van der Waals surface area contributed by atoms with Gasteiger partial charge in [-0.05, 0) is 18.4 Å². The average molecular weight is 427 g/mol. The van der Waals surface area contributed by atoms with Crippen LogP contribution in [0.1, 0.15) is 6.42 Å². The molecule has 0 spiro atoms. The minimum atomic E-state index is -0.262. The highest BCUT2D eigenvalue weighted by atomic mass is 16.5. The minimum absolute atomic E-state index is 0.0902. The summed E-state index contributed by atoms with van der Waals surface area (Å²) in [7, 11) is 4.82. The molecule has 0 radical (unpaired) electrons. The molecule has 1 aliphatic heterocycles. The van der Waals surface area contributed by atoms with E-state index >= 15 is 0 Å². The third-order valence-corrected chi connectivity index (χ3v) is 5.39. The van der Waals surface area contributed by atoms with Gasteiger partial charge >= 0.3 is 5.69 Å². The van der Waals surface area contributed by atoms with Crippen LogP contribution in [-0.2, 0) is 18.4 Å². The van der Waals surface area contributed by atoms with Gasteiger partial charge in [-0.15, -0.1) is 5.10 Å². The van der Waals surface area contributed by atoms with Crippen LogP contribution in [0.25, 0.3) is 5.65 Å². The molecule has 0 aliphatic carbocycles. The number of rotatable bonds is 7. The number of ether oxygens (including phenoxy) is 2. The lowest BCUT2D eigenvalue weighted by molar-refractivity contribution is -0.125. The summed E-state index contributed by atoms with van der Waals surface area (Å²) in [6, 6.07) is 0. The lowest BCUT2D eigenvalue weighted by Crippen LogP contribution is -2.31. The van der Waals surface area contributed by atoms with Crippen molar-refractivity contribution in [2.24, 2.45) is 13.0 Å². The Morgan fingerprint density at radius 1 is 1.32 bits per heavy atom. The van der Waals surface area contributed by atoms with Gasteiger partial charge in [0.05, 0.1) is 32.3 Å². The summed E-state index contributed by atoms with van der Waals surface area (Å²) in [6.07, 6.45) is 7.15. The topological polar surface area (TPSA) is 108 Å². The highest BCUT2D eigenvalue weighted by Crippen LogP contribution is 2.29. The van der Waals surface area contributed by atoms with Crippen LogP contribution in [0.15, 0.2) is 36.0 Å². The van der Waals surface area contributed by atoms with Crippen molar-refractivity contribution in [3.8, 4) is 11.8 Å². The van der Waals surface area contributed by atoms with Crippen molar-refractivity contribution in [3.05, 3.63) is 41.7 Å². The number of aryl methyl sites for hydroxylation is 1. The number of hydrogen-bond acceptors (Lipinski definition) is 7. The Morgan fingerprint density at radius 2 is 2.13 bits per heavy atom. The first-order valence-electron chi connectivity index (χ1n) is 9.86. The predicted molar refractivity (Wildman–Crippen MR) is 114 cm³/mol. The number of carbonyl (C=O) groups is 1. The van der Waals surface area contributed by atoms with Gasteiger partial charge in [0.2, 0.25) is 11.8 Å². The highest BCUT2D eigenvalue weighted by Gasteiger charge is 2.26. The first kappa shape index (κ1) is 20.5. The van der Waals surface area contributed by atoms with Crippen molar-refractivity contribution in [2.75, 3.05) is 32.6 Å². The molecular formula is C20H25N7O4. The molecule has 31 heavy (non-hydrogen) atoms. The number of carbonyl (C=O) groups excluding carboxylic acids is 1. The fourth-order valence-electron chi connectivity index (χ4n) is 3.91. The maximum Gasteiger partial charge on any atom is 0.336 e. The molecule has 4 rings (SSSR count). The lowest BCUT2D eigenvalue weighted by atomic mass is 10.1. The minimum Gasteiger partial charge on any atom is -0.481 e. The smallest absolute Gasteiger partial charge is 0.336 e. The number of methoxy groups -OCH3 is 2. The van der Waals surface area contributed by atoms with Crippen LogP contribution < -0.4 is 20.5 Å².